The summed E-state index contributed by atoms with van der Waals surface area (Å²) in [6, 6.07) is 9.33. The number of benzene rings is 1. The average Bonchev–Trinajstić information content (AvgIpc) is 2.19. The molecule has 1 aromatic rings. The fourth-order valence-electron chi connectivity index (χ4n) is 1.89. The highest BCUT2D eigenvalue weighted by atomic mass is 14.9. The van der Waals surface area contributed by atoms with Gasteiger partial charge < -0.3 is 5.32 Å². The molecule has 0 fully saturated rings. The molecule has 1 nitrogen and oxygen atoms in total. The molecule has 1 unspecified atom stereocenters. The maximum atomic E-state index is 3.37. The van der Waals surface area contributed by atoms with Crippen LogP contribution in [0.15, 0.2) is 24.3 Å². The van der Waals surface area contributed by atoms with Crippen molar-refractivity contribution in [1.29, 1.82) is 0 Å². The minimum atomic E-state index is 0.474. The molecule has 78 valence electrons. The van der Waals surface area contributed by atoms with Gasteiger partial charge in [0.05, 0.1) is 0 Å². The lowest BCUT2D eigenvalue weighted by molar-refractivity contribution is 0.443. The van der Waals surface area contributed by atoms with Gasteiger partial charge in [-0.3, -0.25) is 0 Å². The molecule has 0 aliphatic heterocycles. The Morgan fingerprint density at radius 3 is 2.50 bits per heavy atom. The van der Waals surface area contributed by atoms with Gasteiger partial charge in [0, 0.05) is 6.04 Å². The standard InChI is InChI=1S/C13H21N/c1-5-11-7-6-8-12(9-11)13(14-4)10(2)3/h6-10,13-14H,5H2,1-4H3. The van der Waals surface area contributed by atoms with Crippen molar-refractivity contribution in [2.24, 2.45) is 5.92 Å². The van der Waals surface area contributed by atoms with E-state index in [2.05, 4.69) is 50.4 Å². The van der Waals surface area contributed by atoms with Gasteiger partial charge in [-0.15, -0.1) is 0 Å². The molecule has 0 bridgehead atoms. The molecule has 0 radical (unpaired) electrons. The third-order valence-corrected chi connectivity index (χ3v) is 2.70. The first-order valence-corrected chi connectivity index (χ1v) is 5.45. The number of hydrogen-bond acceptors (Lipinski definition) is 1. The Balaban J connectivity index is 2.92. The third kappa shape index (κ3) is 2.58. The Morgan fingerprint density at radius 1 is 1.29 bits per heavy atom. The van der Waals surface area contributed by atoms with E-state index in [1.807, 2.05) is 7.05 Å². The van der Waals surface area contributed by atoms with E-state index in [0.717, 1.165) is 6.42 Å². The monoisotopic (exact) mass is 191 g/mol. The molecule has 1 heteroatoms. The van der Waals surface area contributed by atoms with Gasteiger partial charge in [0.15, 0.2) is 0 Å². The molecule has 0 saturated heterocycles. The highest BCUT2D eigenvalue weighted by Gasteiger charge is 2.12. The highest BCUT2D eigenvalue weighted by molar-refractivity contribution is 5.26. The lowest BCUT2D eigenvalue weighted by Crippen LogP contribution is -2.21. The molecule has 1 N–H and O–H groups in total. The normalized spacial score (nSPS) is 13.2. The summed E-state index contributed by atoms with van der Waals surface area (Å²) in [6.45, 7) is 6.70. The first-order valence-electron chi connectivity index (χ1n) is 5.45. The van der Waals surface area contributed by atoms with E-state index in [1.54, 1.807) is 0 Å². The Hall–Kier alpha value is -0.820. The maximum absolute atomic E-state index is 3.37. The quantitative estimate of drug-likeness (QED) is 0.771. The molecule has 0 amide bonds. The zero-order chi connectivity index (χ0) is 10.6. The molecule has 1 atom stereocenters. The average molecular weight is 191 g/mol. The van der Waals surface area contributed by atoms with Crippen molar-refractivity contribution in [3.8, 4) is 0 Å². The van der Waals surface area contributed by atoms with Crippen molar-refractivity contribution in [3.05, 3.63) is 35.4 Å². The van der Waals surface area contributed by atoms with Gasteiger partial charge in [0.1, 0.15) is 0 Å². The summed E-state index contributed by atoms with van der Waals surface area (Å²) in [5, 5.41) is 3.37. The van der Waals surface area contributed by atoms with Crippen molar-refractivity contribution < 1.29 is 0 Å². The van der Waals surface area contributed by atoms with Gasteiger partial charge in [0.2, 0.25) is 0 Å². The van der Waals surface area contributed by atoms with Crippen LogP contribution in [0.2, 0.25) is 0 Å². The van der Waals surface area contributed by atoms with Crippen LogP contribution < -0.4 is 5.32 Å². The second-order valence-corrected chi connectivity index (χ2v) is 4.11. The topological polar surface area (TPSA) is 12.0 Å². The van der Waals surface area contributed by atoms with Crippen molar-refractivity contribution in [2.75, 3.05) is 7.05 Å². The van der Waals surface area contributed by atoms with Crippen LogP contribution in [0.5, 0.6) is 0 Å². The molecule has 1 aromatic carbocycles. The van der Waals surface area contributed by atoms with Gasteiger partial charge in [0.25, 0.3) is 0 Å². The van der Waals surface area contributed by atoms with E-state index in [0.29, 0.717) is 12.0 Å². The van der Waals surface area contributed by atoms with Crippen LogP contribution in [-0.2, 0) is 6.42 Å². The van der Waals surface area contributed by atoms with E-state index in [1.165, 1.54) is 11.1 Å². The Labute approximate surface area is 87.5 Å². The van der Waals surface area contributed by atoms with E-state index in [4.69, 9.17) is 0 Å². The fraction of sp³-hybridized carbons (Fsp3) is 0.538. The first-order chi connectivity index (χ1) is 6.69. The molecule has 0 aliphatic rings. The molecule has 0 aliphatic carbocycles. The maximum Gasteiger partial charge on any atom is 0.0340 e. The second kappa shape index (κ2) is 5.16. The molecule has 0 saturated carbocycles. The van der Waals surface area contributed by atoms with Crippen LogP contribution in [0.3, 0.4) is 0 Å². The van der Waals surface area contributed by atoms with Gasteiger partial charge in [-0.05, 0) is 30.5 Å². The predicted octanol–water partition coefficient (Wildman–Crippen LogP) is 3.17. The Bertz CT molecular complexity index is 278. The number of nitrogens with one attached hydrogen (secondary N) is 1. The highest BCUT2D eigenvalue weighted by Crippen LogP contribution is 2.21. The minimum absolute atomic E-state index is 0.474. The Kier molecular flexibility index (Phi) is 4.15. The van der Waals surface area contributed by atoms with Gasteiger partial charge in [-0.25, -0.2) is 0 Å². The largest absolute Gasteiger partial charge is 0.313 e. The predicted molar refractivity (Wildman–Crippen MR) is 62.5 cm³/mol. The van der Waals surface area contributed by atoms with E-state index in [-0.39, 0.29) is 0 Å². The summed E-state index contributed by atoms with van der Waals surface area (Å²) in [5.74, 6) is 0.632. The van der Waals surface area contributed by atoms with Gasteiger partial charge >= 0.3 is 0 Å². The van der Waals surface area contributed by atoms with Crippen LogP contribution in [0.1, 0.15) is 37.9 Å². The molecule has 0 heterocycles. The van der Waals surface area contributed by atoms with Crippen molar-refractivity contribution in [2.45, 2.75) is 33.2 Å². The van der Waals surface area contributed by atoms with Crippen LogP contribution in [-0.4, -0.2) is 7.05 Å². The van der Waals surface area contributed by atoms with Crippen molar-refractivity contribution in [1.82, 2.24) is 5.32 Å². The zero-order valence-electron chi connectivity index (χ0n) is 9.67. The van der Waals surface area contributed by atoms with Crippen LogP contribution >= 0.6 is 0 Å². The zero-order valence-corrected chi connectivity index (χ0v) is 9.67. The summed E-state index contributed by atoms with van der Waals surface area (Å²) >= 11 is 0. The van der Waals surface area contributed by atoms with E-state index < -0.39 is 0 Å². The molecule has 0 aromatic heterocycles. The fourth-order valence-corrected chi connectivity index (χ4v) is 1.89. The van der Waals surface area contributed by atoms with Crippen molar-refractivity contribution >= 4 is 0 Å². The number of hydrogen-bond donors (Lipinski definition) is 1. The van der Waals surface area contributed by atoms with E-state index in [9.17, 15) is 0 Å². The first kappa shape index (κ1) is 11.3. The minimum Gasteiger partial charge on any atom is -0.313 e. The van der Waals surface area contributed by atoms with Gasteiger partial charge in [-0.1, -0.05) is 45.0 Å². The Morgan fingerprint density at radius 2 is 2.00 bits per heavy atom. The summed E-state index contributed by atoms with van der Waals surface area (Å²) in [7, 11) is 2.03. The summed E-state index contributed by atoms with van der Waals surface area (Å²) in [4.78, 5) is 0. The molecule has 0 spiro atoms. The number of rotatable bonds is 4. The van der Waals surface area contributed by atoms with Gasteiger partial charge in [-0.2, -0.15) is 0 Å². The summed E-state index contributed by atoms with van der Waals surface area (Å²) in [5.41, 5.74) is 2.82. The summed E-state index contributed by atoms with van der Waals surface area (Å²) in [6.07, 6.45) is 1.11. The SMILES string of the molecule is CCc1cccc(C(NC)C(C)C)c1. The molecule has 1 rings (SSSR count). The third-order valence-electron chi connectivity index (χ3n) is 2.70. The summed E-state index contributed by atoms with van der Waals surface area (Å²) < 4.78 is 0. The van der Waals surface area contributed by atoms with Crippen molar-refractivity contribution in [3.63, 3.8) is 0 Å². The second-order valence-electron chi connectivity index (χ2n) is 4.11. The lowest BCUT2D eigenvalue weighted by Gasteiger charge is -2.21. The molecule has 14 heavy (non-hydrogen) atoms. The smallest absolute Gasteiger partial charge is 0.0340 e. The van der Waals surface area contributed by atoms with Crippen LogP contribution in [0.25, 0.3) is 0 Å². The number of aryl methyl sites for hydroxylation is 1. The molecular formula is C13H21N. The van der Waals surface area contributed by atoms with E-state index >= 15 is 0 Å². The van der Waals surface area contributed by atoms with Crippen LogP contribution in [0.4, 0.5) is 0 Å². The lowest BCUT2D eigenvalue weighted by atomic mass is 9.94. The van der Waals surface area contributed by atoms with Crippen LogP contribution in [0, 0.1) is 5.92 Å². The molecular weight excluding hydrogens is 170 g/mol.